The van der Waals surface area contributed by atoms with Gasteiger partial charge in [-0.3, -0.25) is 0 Å². The molecule has 0 spiro atoms. The monoisotopic (exact) mass is 404 g/mol. The van der Waals surface area contributed by atoms with Gasteiger partial charge in [0.15, 0.2) is 23.1 Å². The third-order valence-electron chi connectivity index (χ3n) is 4.19. The summed E-state index contributed by atoms with van der Waals surface area (Å²) in [4.78, 5) is 16.9. The number of hydrogen-bond donors (Lipinski definition) is 2. The molecule has 2 N–H and O–H groups in total. The Morgan fingerprint density at radius 3 is 2.23 bits per heavy atom. The van der Waals surface area contributed by atoms with Crippen LogP contribution < -0.4 is 10.6 Å². The molecule has 1 aromatic carbocycles. The van der Waals surface area contributed by atoms with Crippen LogP contribution in [0.15, 0.2) is 9.98 Å². The van der Waals surface area contributed by atoms with Crippen LogP contribution in [0.3, 0.4) is 0 Å². The van der Waals surface area contributed by atoms with Crippen molar-refractivity contribution in [1.82, 2.24) is 9.97 Å². The number of aliphatic imine (C=N–C) groups is 2. The number of nitriles is 6. The molecule has 2 aromatic rings. The molecule has 1 atom stereocenters. The van der Waals surface area contributed by atoms with Gasteiger partial charge in [0.25, 0.3) is 0 Å². The second-order valence-corrected chi connectivity index (χ2v) is 5.86. The first-order chi connectivity index (χ1) is 15.1. The quantitative estimate of drug-likeness (QED) is 0.707. The molecule has 0 radical (unpaired) electrons. The molecule has 12 nitrogen and oxygen atoms in total. The maximum Gasteiger partial charge on any atom is 0.177 e. The summed E-state index contributed by atoms with van der Waals surface area (Å²) < 4.78 is 0. The molecule has 0 saturated carbocycles. The predicted octanol–water partition coefficient (Wildman–Crippen LogP) is 1.84. The number of nitrogens with one attached hydrogen (secondary N) is 2. The Bertz CT molecular complexity index is 1440. The molecule has 3 rings (SSSR count). The van der Waals surface area contributed by atoms with Crippen LogP contribution in [0.1, 0.15) is 17.8 Å². The summed E-state index contributed by atoms with van der Waals surface area (Å²) in [6.45, 7) is 0. The molecule has 0 aliphatic carbocycles. The molecule has 31 heavy (non-hydrogen) atoms. The van der Waals surface area contributed by atoms with Crippen molar-refractivity contribution in [2.24, 2.45) is 9.98 Å². The first kappa shape index (κ1) is 20.2. The summed E-state index contributed by atoms with van der Waals surface area (Å²) in [6, 6.07) is 9.92. The maximum absolute atomic E-state index is 9.38. The van der Waals surface area contributed by atoms with Gasteiger partial charge in [-0.15, -0.1) is 0 Å². The Morgan fingerprint density at radius 2 is 1.71 bits per heavy atom. The second kappa shape index (κ2) is 8.21. The largest absolute Gasteiger partial charge is 0.384 e. The summed E-state index contributed by atoms with van der Waals surface area (Å²) in [6.07, 6.45) is -0.283. The van der Waals surface area contributed by atoms with E-state index in [0.717, 1.165) is 0 Å². The maximum atomic E-state index is 9.38. The van der Waals surface area contributed by atoms with Crippen LogP contribution in [0.4, 0.5) is 22.7 Å². The minimum absolute atomic E-state index is 0.0455. The van der Waals surface area contributed by atoms with Gasteiger partial charge in [0.05, 0.1) is 29.9 Å². The molecule has 12 heteroatoms. The Hall–Kier alpha value is -5.56. The van der Waals surface area contributed by atoms with Gasteiger partial charge in [0.2, 0.25) is 0 Å². The lowest BCUT2D eigenvalue weighted by atomic mass is 10.0. The molecule has 144 valence electrons. The molecular formula is C19H8N12. The van der Waals surface area contributed by atoms with Crippen LogP contribution in [-0.4, -0.2) is 34.5 Å². The molecule has 0 saturated heterocycles. The van der Waals surface area contributed by atoms with Crippen LogP contribution in [0.5, 0.6) is 0 Å². The molecular weight excluding hydrogens is 396 g/mol. The second-order valence-electron chi connectivity index (χ2n) is 5.86. The van der Waals surface area contributed by atoms with E-state index in [1.807, 2.05) is 24.3 Å². The van der Waals surface area contributed by atoms with Crippen molar-refractivity contribution in [3.05, 3.63) is 11.4 Å². The van der Waals surface area contributed by atoms with E-state index in [-0.39, 0.29) is 63.0 Å². The van der Waals surface area contributed by atoms with E-state index in [0.29, 0.717) is 0 Å². The number of hydrogen-bond acceptors (Lipinski definition) is 12. The minimum Gasteiger partial charge on any atom is -0.384 e. The fraction of sp³-hybridized carbons (Fsp3) is 0.158. The van der Waals surface area contributed by atoms with Crippen molar-refractivity contribution in [3.8, 4) is 36.4 Å². The zero-order chi connectivity index (χ0) is 22.5. The van der Waals surface area contributed by atoms with Crippen molar-refractivity contribution in [1.29, 1.82) is 31.6 Å². The number of fused-ring (bicyclic) bond motifs is 3. The first-order valence-electron chi connectivity index (χ1n) is 8.45. The highest BCUT2D eigenvalue weighted by Gasteiger charge is 2.30. The van der Waals surface area contributed by atoms with Crippen LogP contribution in [0, 0.1) is 68.0 Å². The van der Waals surface area contributed by atoms with E-state index in [9.17, 15) is 26.3 Å². The van der Waals surface area contributed by atoms with Gasteiger partial charge in [-0.25, -0.2) is 20.0 Å². The molecule has 0 fully saturated rings. The van der Waals surface area contributed by atoms with Crippen molar-refractivity contribution in [3.63, 3.8) is 0 Å². The summed E-state index contributed by atoms with van der Waals surface area (Å²) in [5.74, 6) is 0. The minimum atomic E-state index is -1.07. The third kappa shape index (κ3) is 3.26. The Morgan fingerprint density at radius 1 is 1.03 bits per heavy atom. The number of anilines is 2. The van der Waals surface area contributed by atoms with Gasteiger partial charge in [0.1, 0.15) is 52.4 Å². The predicted molar refractivity (Wildman–Crippen MR) is 107 cm³/mol. The Kier molecular flexibility index (Phi) is 5.35. The number of nitrogens with zero attached hydrogens (tertiary/aromatic N) is 10. The van der Waals surface area contributed by atoms with Gasteiger partial charge >= 0.3 is 0 Å². The van der Waals surface area contributed by atoms with E-state index < -0.39 is 6.04 Å². The summed E-state index contributed by atoms with van der Waals surface area (Å²) in [5.41, 5.74) is -0.00269. The van der Waals surface area contributed by atoms with Crippen LogP contribution in [0.25, 0.3) is 11.0 Å². The van der Waals surface area contributed by atoms with E-state index in [2.05, 4.69) is 30.6 Å². The van der Waals surface area contributed by atoms with Crippen LogP contribution in [0.2, 0.25) is 0 Å². The van der Waals surface area contributed by atoms with Crippen molar-refractivity contribution in [2.45, 2.75) is 12.5 Å². The lowest BCUT2D eigenvalue weighted by Gasteiger charge is -2.23. The number of benzene rings is 1. The van der Waals surface area contributed by atoms with Gasteiger partial charge in [-0.2, -0.15) is 31.6 Å². The molecule has 2 heterocycles. The average Bonchev–Trinajstić information content (AvgIpc) is 2.81. The zero-order valence-corrected chi connectivity index (χ0v) is 15.8. The third-order valence-corrected chi connectivity index (χ3v) is 4.19. The van der Waals surface area contributed by atoms with Gasteiger partial charge in [-0.1, -0.05) is 0 Å². The highest BCUT2D eigenvalue weighted by atomic mass is 15.1. The van der Waals surface area contributed by atoms with E-state index >= 15 is 0 Å². The highest BCUT2D eigenvalue weighted by Crippen LogP contribution is 2.48. The smallest absolute Gasteiger partial charge is 0.177 e. The van der Waals surface area contributed by atoms with Crippen molar-refractivity contribution < 1.29 is 0 Å². The Labute approximate surface area is 175 Å². The number of rotatable bonds is 3. The fourth-order valence-corrected chi connectivity index (χ4v) is 2.89. The topological polar surface area (TPSA) is 217 Å². The number of aromatic nitrogens is 2. The van der Waals surface area contributed by atoms with Crippen molar-refractivity contribution in [2.75, 3.05) is 17.7 Å². The van der Waals surface area contributed by atoms with Crippen LogP contribution >= 0.6 is 0 Å². The van der Waals surface area contributed by atoms with Gasteiger partial charge < -0.3 is 10.6 Å². The Balaban J connectivity index is 2.58. The zero-order valence-electron chi connectivity index (χ0n) is 15.8. The highest BCUT2D eigenvalue weighted by molar-refractivity contribution is 6.18. The average molecular weight is 404 g/mol. The first-order valence-corrected chi connectivity index (χ1v) is 8.45. The summed E-state index contributed by atoms with van der Waals surface area (Å²) >= 11 is 0. The molecule has 0 bridgehead atoms. The molecule has 1 aliphatic heterocycles. The SMILES string of the molecule is CNc1c2c(c3nc(C#N)c(C#N)nc3c1N=C(C#N)CC#N)NC(C#N)C(C#N)=N2. The van der Waals surface area contributed by atoms with Gasteiger partial charge in [-0.05, 0) is 0 Å². The van der Waals surface area contributed by atoms with Crippen molar-refractivity contribution >= 4 is 45.2 Å². The van der Waals surface area contributed by atoms with E-state index in [1.165, 1.54) is 7.05 Å². The lowest BCUT2D eigenvalue weighted by molar-refractivity contribution is 1.13. The molecule has 0 amide bonds. The van der Waals surface area contributed by atoms with E-state index in [4.69, 9.17) is 5.26 Å². The molecule has 1 aliphatic rings. The molecule has 1 aromatic heterocycles. The van der Waals surface area contributed by atoms with Gasteiger partial charge in [0, 0.05) is 7.05 Å². The van der Waals surface area contributed by atoms with E-state index in [1.54, 1.807) is 12.1 Å². The summed E-state index contributed by atoms with van der Waals surface area (Å²) in [5, 5.41) is 61.5. The lowest BCUT2D eigenvalue weighted by Crippen LogP contribution is -2.30. The summed E-state index contributed by atoms with van der Waals surface area (Å²) in [7, 11) is 1.54. The fourth-order valence-electron chi connectivity index (χ4n) is 2.89. The molecule has 1 unspecified atom stereocenters. The standard InChI is InChI=1S/C19H8N12/c1-26-14-15(27-9(4-21)2-3-20)17-19(31-13(8-25)12(7-24)29-17)18-16(14)28-10(5-22)11(6-23)30-18/h11,26,30H,2H2,1H3. The van der Waals surface area contributed by atoms with Crippen LogP contribution in [-0.2, 0) is 0 Å². The normalized spacial score (nSPS) is 14.2.